The predicted molar refractivity (Wildman–Crippen MR) is 84.7 cm³/mol. The number of rotatable bonds is 6. The first kappa shape index (κ1) is 18.0. The molecule has 0 unspecified atom stereocenters. The van der Waals surface area contributed by atoms with Gasteiger partial charge in [0, 0.05) is 0 Å². The van der Waals surface area contributed by atoms with Crippen LogP contribution in [0.4, 0.5) is 17.6 Å². The van der Waals surface area contributed by atoms with Gasteiger partial charge in [-0.1, -0.05) is 31.1 Å². The number of unbranched alkanes of at least 4 members (excludes halogenated alkanes) is 1. The molecular formula is C19H24F4. The normalized spacial score (nSPS) is 22.6. The van der Waals surface area contributed by atoms with Gasteiger partial charge in [0.2, 0.25) is 0 Å². The maximum atomic E-state index is 12.5. The molecule has 0 spiro atoms. The zero-order valence-electron chi connectivity index (χ0n) is 13.3. The first-order valence-corrected chi connectivity index (χ1v) is 8.42. The van der Waals surface area contributed by atoms with Gasteiger partial charge >= 0.3 is 6.18 Å². The van der Waals surface area contributed by atoms with E-state index in [4.69, 9.17) is 0 Å². The molecule has 1 aromatic carbocycles. The van der Waals surface area contributed by atoms with E-state index in [0.29, 0.717) is 12.2 Å². The Balaban J connectivity index is 1.64. The average molecular weight is 328 g/mol. The molecule has 0 aliphatic heterocycles. The van der Waals surface area contributed by atoms with E-state index in [2.05, 4.69) is 0 Å². The van der Waals surface area contributed by atoms with Crippen LogP contribution < -0.4 is 0 Å². The summed E-state index contributed by atoms with van der Waals surface area (Å²) in [6, 6.07) is 5.48. The highest BCUT2D eigenvalue weighted by molar-refractivity contribution is 5.24. The summed E-state index contributed by atoms with van der Waals surface area (Å²) < 4.78 is 49.6. The Labute approximate surface area is 135 Å². The third-order valence-corrected chi connectivity index (χ3v) is 4.85. The first-order chi connectivity index (χ1) is 11.0. The zero-order chi connectivity index (χ0) is 16.7. The lowest BCUT2D eigenvalue weighted by atomic mass is 9.80. The van der Waals surface area contributed by atoms with Crippen LogP contribution in [0.5, 0.6) is 0 Å². The van der Waals surface area contributed by atoms with E-state index >= 15 is 0 Å². The van der Waals surface area contributed by atoms with E-state index in [-0.39, 0.29) is 0 Å². The lowest BCUT2D eigenvalue weighted by Gasteiger charge is -2.26. The van der Waals surface area contributed by atoms with Crippen molar-refractivity contribution < 1.29 is 17.6 Å². The minimum absolute atomic E-state index is 0.406. The fraction of sp³-hybridized carbons (Fsp3) is 0.579. The van der Waals surface area contributed by atoms with Crippen LogP contribution in [0.25, 0.3) is 0 Å². The molecule has 0 bridgehead atoms. The molecule has 1 saturated carbocycles. The van der Waals surface area contributed by atoms with Gasteiger partial charge in [0.05, 0.1) is 11.9 Å². The minimum Gasteiger partial charge on any atom is -0.216 e. The Morgan fingerprint density at radius 2 is 1.61 bits per heavy atom. The Kier molecular flexibility index (Phi) is 6.67. The Morgan fingerprint density at radius 1 is 0.957 bits per heavy atom. The van der Waals surface area contributed by atoms with Crippen molar-refractivity contribution in [3.05, 3.63) is 47.8 Å². The fourth-order valence-electron chi connectivity index (χ4n) is 3.39. The first-order valence-electron chi connectivity index (χ1n) is 8.42. The molecule has 0 atom stereocenters. The van der Waals surface area contributed by atoms with Gasteiger partial charge in [-0.25, -0.2) is 4.39 Å². The second-order valence-corrected chi connectivity index (χ2v) is 6.54. The summed E-state index contributed by atoms with van der Waals surface area (Å²) >= 11 is 0. The highest BCUT2D eigenvalue weighted by Gasteiger charge is 2.29. The van der Waals surface area contributed by atoms with Crippen LogP contribution in [0.15, 0.2) is 36.7 Å². The summed E-state index contributed by atoms with van der Waals surface area (Å²) in [5.74, 6) is 1.13. The van der Waals surface area contributed by atoms with Crippen molar-refractivity contribution in [3.63, 3.8) is 0 Å². The molecule has 0 amide bonds. The van der Waals surface area contributed by atoms with Crippen molar-refractivity contribution in [2.45, 2.75) is 57.5 Å². The van der Waals surface area contributed by atoms with Crippen molar-refractivity contribution in [1.82, 2.24) is 0 Å². The van der Waals surface area contributed by atoms with Crippen molar-refractivity contribution in [1.29, 1.82) is 0 Å². The van der Waals surface area contributed by atoms with Crippen LogP contribution in [-0.4, -0.2) is 0 Å². The lowest BCUT2D eigenvalue weighted by Crippen LogP contribution is -2.13. The zero-order valence-corrected chi connectivity index (χ0v) is 13.3. The van der Waals surface area contributed by atoms with Crippen molar-refractivity contribution in [2.75, 3.05) is 0 Å². The van der Waals surface area contributed by atoms with Crippen molar-refractivity contribution in [3.8, 4) is 0 Å². The molecule has 1 aromatic rings. The Morgan fingerprint density at radius 3 is 2.17 bits per heavy atom. The molecule has 128 valence electrons. The second kappa shape index (κ2) is 8.51. The molecule has 0 radical (unpaired) electrons. The van der Waals surface area contributed by atoms with E-state index in [0.717, 1.165) is 68.6 Å². The summed E-state index contributed by atoms with van der Waals surface area (Å²) in [6.07, 6.45) is 6.67. The standard InChI is InChI=1S/C19H24F4/c20-14-13-17-7-5-15(6-8-17)3-1-2-4-16-9-11-18(12-10-16)19(21,22)23/h9-15,17H,1-8H2. The minimum atomic E-state index is -4.26. The highest BCUT2D eigenvalue weighted by Crippen LogP contribution is 2.33. The van der Waals surface area contributed by atoms with Crippen LogP contribution in [0.2, 0.25) is 0 Å². The van der Waals surface area contributed by atoms with E-state index < -0.39 is 11.7 Å². The highest BCUT2D eigenvalue weighted by atomic mass is 19.4. The van der Waals surface area contributed by atoms with Gasteiger partial charge in [0.25, 0.3) is 0 Å². The summed E-state index contributed by atoms with van der Waals surface area (Å²) in [7, 11) is 0. The Hall–Kier alpha value is -1.32. The molecule has 23 heavy (non-hydrogen) atoms. The molecule has 0 heterocycles. The number of allylic oxidation sites excluding steroid dienone is 1. The molecule has 1 fully saturated rings. The molecule has 0 aromatic heterocycles. The van der Waals surface area contributed by atoms with Gasteiger partial charge < -0.3 is 0 Å². The Bertz CT molecular complexity index is 479. The molecule has 1 aliphatic carbocycles. The van der Waals surface area contributed by atoms with E-state index in [1.54, 1.807) is 18.2 Å². The van der Waals surface area contributed by atoms with E-state index in [1.165, 1.54) is 6.42 Å². The molecular weight excluding hydrogens is 304 g/mol. The number of hydrogen-bond donors (Lipinski definition) is 0. The monoisotopic (exact) mass is 328 g/mol. The van der Waals surface area contributed by atoms with Gasteiger partial charge in [-0.2, -0.15) is 13.2 Å². The molecule has 0 N–H and O–H groups in total. The van der Waals surface area contributed by atoms with Crippen molar-refractivity contribution >= 4 is 0 Å². The van der Waals surface area contributed by atoms with Crippen LogP contribution in [-0.2, 0) is 12.6 Å². The topological polar surface area (TPSA) is 0 Å². The van der Waals surface area contributed by atoms with Crippen LogP contribution in [0.1, 0.15) is 56.1 Å². The summed E-state index contributed by atoms with van der Waals surface area (Å²) in [5, 5.41) is 0. The van der Waals surface area contributed by atoms with Gasteiger partial charge in [-0.05, 0) is 68.1 Å². The van der Waals surface area contributed by atoms with E-state index in [9.17, 15) is 17.6 Å². The predicted octanol–water partition coefficient (Wildman–Crippen LogP) is 6.71. The molecule has 0 saturated heterocycles. The van der Waals surface area contributed by atoms with E-state index in [1.807, 2.05) is 0 Å². The van der Waals surface area contributed by atoms with Crippen LogP contribution >= 0.6 is 0 Å². The smallest absolute Gasteiger partial charge is 0.216 e. The van der Waals surface area contributed by atoms with Gasteiger partial charge in [0.15, 0.2) is 0 Å². The summed E-state index contributed by atoms with van der Waals surface area (Å²) in [6.45, 7) is 0. The number of aryl methyl sites for hydroxylation is 1. The van der Waals surface area contributed by atoms with Gasteiger partial charge in [0.1, 0.15) is 0 Å². The van der Waals surface area contributed by atoms with Crippen LogP contribution in [0, 0.1) is 11.8 Å². The molecule has 0 nitrogen and oxygen atoms in total. The molecule has 1 aliphatic rings. The maximum absolute atomic E-state index is 12.5. The maximum Gasteiger partial charge on any atom is 0.416 e. The second-order valence-electron chi connectivity index (χ2n) is 6.54. The quantitative estimate of drug-likeness (QED) is 0.402. The average Bonchev–Trinajstić information content (AvgIpc) is 2.53. The molecule has 2 rings (SSSR count). The number of benzene rings is 1. The lowest BCUT2D eigenvalue weighted by molar-refractivity contribution is -0.137. The van der Waals surface area contributed by atoms with Crippen LogP contribution in [0.3, 0.4) is 0 Å². The SMILES string of the molecule is FC=CC1CCC(CCCCc2ccc(C(F)(F)F)cc2)CC1. The number of alkyl halides is 3. The van der Waals surface area contributed by atoms with Gasteiger partial charge in [-0.3, -0.25) is 0 Å². The summed E-state index contributed by atoms with van der Waals surface area (Å²) in [4.78, 5) is 0. The van der Waals surface area contributed by atoms with Crippen molar-refractivity contribution in [2.24, 2.45) is 11.8 Å². The third-order valence-electron chi connectivity index (χ3n) is 4.85. The summed E-state index contributed by atoms with van der Waals surface area (Å²) in [5.41, 5.74) is 0.384. The number of hydrogen-bond acceptors (Lipinski definition) is 0. The third kappa shape index (κ3) is 6.00. The molecule has 4 heteroatoms. The van der Waals surface area contributed by atoms with Gasteiger partial charge in [-0.15, -0.1) is 0 Å². The number of halogens is 4. The fourth-order valence-corrected chi connectivity index (χ4v) is 3.39. The largest absolute Gasteiger partial charge is 0.416 e.